The minimum atomic E-state index is -6.15. The van der Waals surface area contributed by atoms with Crippen LogP contribution in [0, 0.1) is 0 Å². The average Bonchev–Trinajstić information content (AvgIpc) is 2.70. The number of nitrogens with zero attached hydrogens (tertiary/aromatic N) is 1. The Morgan fingerprint density at radius 1 is 0.974 bits per heavy atom. The number of hydrogen-bond acceptors (Lipinski definition) is 10. The summed E-state index contributed by atoms with van der Waals surface area (Å²) in [6.45, 7) is 6.53. The molecule has 0 aliphatic carbocycles. The molecule has 0 aliphatic rings. The van der Waals surface area contributed by atoms with Crippen LogP contribution in [0.3, 0.4) is 0 Å². The second-order valence-corrected chi connectivity index (χ2v) is 13.7. The van der Waals surface area contributed by atoms with Crippen molar-refractivity contribution in [2.24, 2.45) is 0 Å². The van der Waals surface area contributed by atoms with Crippen LogP contribution < -0.4 is 114 Å². The Morgan fingerprint density at radius 3 is 1.90 bits per heavy atom. The van der Waals surface area contributed by atoms with Crippen LogP contribution in [0.4, 0.5) is 4.79 Å². The van der Waals surface area contributed by atoms with E-state index in [0.29, 0.717) is 44.2 Å². The fourth-order valence-corrected chi connectivity index (χ4v) is 5.66. The SMILES string of the molecule is CC(C)(C)OC(=O)NC(CCCCN(CCCl)CCCl)C(=O)NCCCC(O)(P(=O)([O-])[O-])P(=O)([O-])O.[Na+].[Na+].[Na+]. The van der Waals surface area contributed by atoms with Crippen LogP contribution in [0.25, 0.3) is 0 Å². The van der Waals surface area contributed by atoms with Gasteiger partial charge in [0.1, 0.15) is 11.6 Å². The summed E-state index contributed by atoms with van der Waals surface area (Å²) in [4.78, 5) is 69.5. The van der Waals surface area contributed by atoms with Gasteiger partial charge in [-0.3, -0.25) is 4.79 Å². The van der Waals surface area contributed by atoms with Crippen LogP contribution in [0.15, 0.2) is 0 Å². The van der Waals surface area contributed by atoms with Gasteiger partial charge in [0.2, 0.25) is 5.91 Å². The topological polar surface area (TPSA) is 214 Å². The molecule has 4 N–H and O–H groups in total. The maximum Gasteiger partial charge on any atom is 1.00 e. The molecule has 0 saturated carbocycles. The summed E-state index contributed by atoms with van der Waals surface area (Å²) in [5.41, 5.74) is -0.819. The third-order valence-electron chi connectivity index (χ3n) is 4.91. The van der Waals surface area contributed by atoms with Gasteiger partial charge in [-0.2, -0.15) is 0 Å². The Balaban J connectivity index is -0.00000204. The van der Waals surface area contributed by atoms with Crippen molar-refractivity contribution in [3.05, 3.63) is 0 Å². The van der Waals surface area contributed by atoms with Gasteiger partial charge in [-0.25, -0.2) is 4.79 Å². The Hall–Kier alpha value is 2.54. The molecular weight excluding hydrogens is 632 g/mol. The summed E-state index contributed by atoms with van der Waals surface area (Å²) in [5.74, 6) is 0.192. The van der Waals surface area contributed by atoms with Crippen molar-refractivity contribution in [1.82, 2.24) is 15.5 Å². The maximum absolute atomic E-state index is 12.7. The molecule has 214 valence electrons. The van der Waals surface area contributed by atoms with E-state index in [1.165, 1.54) is 0 Å². The zero-order valence-electron chi connectivity index (χ0n) is 23.6. The van der Waals surface area contributed by atoms with Crippen LogP contribution in [-0.2, 0) is 18.7 Å². The molecule has 0 aliphatic heterocycles. The maximum atomic E-state index is 12.7. The van der Waals surface area contributed by atoms with Gasteiger partial charge in [-0.15, -0.1) is 23.2 Å². The minimum Gasteiger partial charge on any atom is -0.808 e. The van der Waals surface area contributed by atoms with Gasteiger partial charge in [-0.1, -0.05) is 0 Å². The number of alkyl carbamates (subject to hydrolysis) is 1. The van der Waals surface area contributed by atoms with E-state index in [1.807, 2.05) is 0 Å². The van der Waals surface area contributed by atoms with Crippen molar-refractivity contribution in [2.75, 3.05) is 37.9 Å². The predicted molar refractivity (Wildman–Crippen MR) is 130 cm³/mol. The fraction of sp³-hybridized carbons (Fsp3) is 0.895. The molecule has 0 rings (SSSR count). The summed E-state index contributed by atoms with van der Waals surface area (Å²) in [7, 11) is -12.1. The largest absolute Gasteiger partial charge is 1.00 e. The number of nitrogens with one attached hydrogen (secondary N) is 2. The van der Waals surface area contributed by atoms with Crippen LogP contribution >= 0.6 is 38.4 Å². The number of alkyl halides is 2. The molecule has 2 amide bonds. The number of aliphatic hydroxyl groups is 1. The first-order chi connectivity index (χ1) is 16.4. The zero-order chi connectivity index (χ0) is 28.2. The molecule has 0 fully saturated rings. The van der Waals surface area contributed by atoms with E-state index in [1.54, 1.807) is 20.8 Å². The number of carbonyl (C=O) groups excluding carboxylic acids is 2. The van der Waals surface area contributed by atoms with E-state index in [0.717, 1.165) is 0 Å². The van der Waals surface area contributed by atoms with Gasteiger partial charge >= 0.3 is 94.8 Å². The number of amides is 2. The van der Waals surface area contributed by atoms with Crippen molar-refractivity contribution in [3.63, 3.8) is 0 Å². The van der Waals surface area contributed by atoms with Gasteiger partial charge in [0, 0.05) is 31.4 Å². The van der Waals surface area contributed by atoms with Crippen molar-refractivity contribution >= 4 is 50.4 Å². The number of rotatable bonds is 17. The second kappa shape index (κ2) is 23.0. The summed E-state index contributed by atoms with van der Waals surface area (Å²) in [6, 6.07) is -1.04. The average molecular weight is 668 g/mol. The normalized spacial score (nSPS) is 15.4. The fourth-order valence-electron chi connectivity index (χ4n) is 3.07. The number of ether oxygens (including phenoxy) is 1. The van der Waals surface area contributed by atoms with E-state index >= 15 is 0 Å². The molecule has 0 aromatic rings. The molecule has 0 radical (unpaired) electrons. The summed E-state index contributed by atoms with van der Waals surface area (Å²) >= 11 is 11.5. The van der Waals surface area contributed by atoms with Gasteiger partial charge in [0.25, 0.3) is 0 Å². The third kappa shape index (κ3) is 20.2. The number of halogens is 2. The zero-order valence-corrected chi connectivity index (χ0v) is 32.9. The molecule has 20 heteroatoms. The molecule has 0 bridgehead atoms. The van der Waals surface area contributed by atoms with Crippen molar-refractivity contribution in [3.8, 4) is 0 Å². The van der Waals surface area contributed by atoms with E-state index in [2.05, 4.69) is 15.5 Å². The summed E-state index contributed by atoms with van der Waals surface area (Å²) in [5, 5.41) is 10.7. The second-order valence-electron chi connectivity index (χ2n) is 9.10. The Morgan fingerprint density at radius 2 is 1.49 bits per heavy atom. The number of carbonyl (C=O) groups is 2. The smallest absolute Gasteiger partial charge is 0.808 e. The quantitative estimate of drug-likeness (QED) is 0.0494. The Labute approximate surface area is 306 Å². The van der Waals surface area contributed by atoms with E-state index in [-0.39, 0.29) is 102 Å². The first-order valence-electron chi connectivity index (χ1n) is 11.3. The van der Waals surface area contributed by atoms with Crippen LogP contribution in [0.2, 0.25) is 0 Å². The van der Waals surface area contributed by atoms with E-state index < -0.39 is 56.8 Å². The molecule has 0 spiro atoms. The molecular formula is C19H36Cl2N3Na3O10P2. The van der Waals surface area contributed by atoms with Crippen LogP contribution in [-0.4, -0.2) is 81.6 Å². The van der Waals surface area contributed by atoms with Crippen LogP contribution in [0.1, 0.15) is 52.9 Å². The monoisotopic (exact) mass is 667 g/mol. The Bertz CT molecular complexity index is 775. The number of unbranched alkanes of at least 4 members (excludes halogenated alkanes) is 1. The van der Waals surface area contributed by atoms with Gasteiger partial charge in [0.05, 0.1) is 0 Å². The number of hydrogen-bond donors (Lipinski definition) is 4. The van der Waals surface area contributed by atoms with E-state index in [9.17, 15) is 38.5 Å². The molecule has 0 aromatic heterocycles. The standard InChI is InChI=1S/C19H39Cl2N3O10P2.3Na/c1-18(2,3)34-17(26)23-15(7-4-5-12-24(13-9-20)14-10-21)16(25)22-11-6-8-19(27,35(28,29)30)36(31,32)33;;;/h15,27H,4-14H2,1-3H3,(H,22,25)(H,23,26)(H2,28,29,30)(H2,31,32,33);;;/q;3*+1/p-3. The molecule has 0 saturated heterocycles. The molecule has 3 atom stereocenters. The van der Waals surface area contributed by atoms with Crippen molar-refractivity contribution < 1.29 is 137 Å². The third-order valence-corrected chi connectivity index (χ3v) is 8.97. The van der Waals surface area contributed by atoms with Gasteiger partial charge < -0.3 is 54.1 Å². The summed E-state index contributed by atoms with van der Waals surface area (Å²) in [6.07, 6.45) is -1.07. The van der Waals surface area contributed by atoms with Crippen LogP contribution in [0.5, 0.6) is 0 Å². The molecule has 0 heterocycles. The predicted octanol–water partition coefficient (Wildman–Crippen LogP) is -9.16. The minimum absolute atomic E-state index is 0. The molecule has 3 unspecified atom stereocenters. The first kappa shape index (κ1) is 48.4. The first-order valence-corrected chi connectivity index (χ1v) is 15.5. The van der Waals surface area contributed by atoms with Crippen molar-refractivity contribution in [2.45, 2.75) is 69.6 Å². The molecule has 0 aromatic carbocycles. The van der Waals surface area contributed by atoms with Gasteiger partial charge in [0.15, 0.2) is 12.7 Å². The summed E-state index contributed by atoms with van der Waals surface area (Å²) < 4.78 is 27.6. The molecule has 39 heavy (non-hydrogen) atoms. The Kier molecular flexibility index (Phi) is 28.5. The molecule has 13 nitrogen and oxygen atoms in total. The van der Waals surface area contributed by atoms with Gasteiger partial charge in [-0.05, 0) is 67.0 Å². The van der Waals surface area contributed by atoms with Crippen molar-refractivity contribution in [1.29, 1.82) is 0 Å². The van der Waals surface area contributed by atoms with E-state index in [4.69, 9.17) is 32.8 Å².